The van der Waals surface area contributed by atoms with E-state index in [1.165, 1.54) is 0 Å². The van der Waals surface area contributed by atoms with Crippen LogP contribution in [-0.4, -0.2) is 26.2 Å². The lowest BCUT2D eigenvalue weighted by atomic mass is 10.0. The van der Waals surface area contributed by atoms with Crippen molar-refractivity contribution in [1.82, 2.24) is 0 Å². The number of ether oxygens (including phenoxy) is 2. The van der Waals surface area contributed by atoms with Gasteiger partial charge in [0.15, 0.2) is 0 Å². The number of anilines is 1. The quantitative estimate of drug-likeness (QED) is 0.841. The third kappa shape index (κ3) is 2.52. The monoisotopic (exact) mass is 221 g/mol. The van der Waals surface area contributed by atoms with Gasteiger partial charge in [0, 0.05) is 12.3 Å². The van der Waals surface area contributed by atoms with Crippen molar-refractivity contribution in [2.45, 2.75) is 6.42 Å². The van der Waals surface area contributed by atoms with Gasteiger partial charge in [-0.15, -0.1) is 0 Å². The van der Waals surface area contributed by atoms with Gasteiger partial charge in [0.2, 0.25) is 5.91 Å². The number of carbonyl (C=O) groups excluding carboxylic acids is 1. The Morgan fingerprint density at radius 1 is 1.50 bits per heavy atom. The minimum Gasteiger partial charge on any atom is -0.495 e. The predicted octanol–water partition coefficient (Wildman–Crippen LogP) is 1.67. The molecule has 1 heterocycles. The number of rotatable bonds is 4. The molecule has 0 radical (unpaired) electrons. The molecule has 4 heteroatoms. The van der Waals surface area contributed by atoms with Gasteiger partial charge in [-0.05, 0) is 12.1 Å². The highest BCUT2D eigenvalue weighted by Gasteiger charge is 2.21. The topological polar surface area (TPSA) is 47.6 Å². The van der Waals surface area contributed by atoms with E-state index in [0.29, 0.717) is 31.3 Å². The van der Waals surface area contributed by atoms with Crippen LogP contribution >= 0.6 is 0 Å². The number of carbonyl (C=O) groups is 1. The molecular weight excluding hydrogens is 206 g/mol. The first kappa shape index (κ1) is 11.0. The normalized spacial score (nSPS) is 15.3. The van der Waals surface area contributed by atoms with Crippen molar-refractivity contribution < 1.29 is 14.3 Å². The molecule has 0 atom stereocenters. The zero-order valence-electron chi connectivity index (χ0n) is 9.23. The van der Waals surface area contributed by atoms with Gasteiger partial charge in [-0.1, -0.05) is 12.1 Å². The first-order chi connectivity index (χ1) is 7.79. The van der Waals surface area contributed by atoms with Gasteiger partial charge in [0.25, 0.3) is 0 Å². The number of benzene rings is 1. The minimum atomic E-state index is 0.0119. The summed E-state index contributed by atoms with van der Waals surface area (Å²) in [6.07, 6.45) is 0.512. The standard InChI is InChI=1S/C12H15NO3/c1-15-11-5-3-2-4-10(11)13-12(14)6-9-7-16-8-9/h2-5,9H,6-8H2,1H3,(H,13,14). The molecule has 0 aromatic heterocycles. The Hall–Kier alpha value is -1.55. The van der Waals surface area contributed by atoms with Gasteiger partial charge in [0.05, 0.1) is 26.0 Å². The zero-order valence-corrected chi connectivity index (χ0v) is 9.23. The van der Waals surface area contributed by atoms with Crippen molar-refractivity contribution in [3.63, 3.8) is 0 Å². The average molecular weight is 221 g/mol. The lowest BCUT2D eigenvalue weighted by Gasteiger charge is -2.25. The molecule has 0 spiro atoms. The highest BCUT2D eigenvalue weighted by molar-refractivity contribution is 5.92. The third-order valence-corrected chi connectivity index (χ3v) is 2.56. The van der Waals surface area contributed by atoms with Crippen molar-refractivity contribution in [1.29, 1.82) is 0 Å². The van der Waals surface area contributed by atoms with E-state index in [-0.39, 0.29) is 5.91 Å². The lowest BCUT2D eigenvalue weighted by molar-refractivity contribution is -0.121. The summed E-state index contributed by atoms with van der Waals surface area (Å²) >= 11 is 0. The molecule has 1 aromatic rings. The maximum absolute atomic E-state index is 11.7. The summed E-state index contributed by atoms with van der Waals surface area (Å²) in [6.45, 7) is 1.39. The summed E-state index contributed by atoms with van der Waals surface area (Å²) in [4.78, 5) is 11.7. The Bertz CT molecular complexity index is 374. The molecule has 1 saturated heterocycles. The molecule has 1 aromatic carbocycles. The second-order valence-corrected chi connectivity index (χ2v) is 3.86. The highest BCUT2D eigenvalue weighted by atomic mass is 16.5. The van der Waals surface area contributed by atoms with Gasteiger partial charge in [0.1, 0.15) is 5.75 Å². The predicted molar refractivity (Wildman–Crippen MR) is 60.5 cm³/mol. The summed E-state index contributed by atoms with van der Waals surface area (Å²) < 4.78 is 10.2. The van der Waals surface area contributed by atoms with Crippen molar-refractivity contribution in [3.05, 3.63) is 24.3 Å². The smallest absolute Gasteiger partial charge is 0.224 e. The number of nitrogens with one attached hydrogen (secondary N) is 1. The van der Waals surface area contributed by atoms with Crippen LogP contribution in [0.1, 0.15) is 6.42 Å². The molecular formula is C12H15NO3. The largest absolute Gasteiger partial charge is 0.495 e. The molecule has 1 N–H and O–H groups in total. The average Bonchev–Trinajstić information content (AvgIpc) is 2.24. The molecule has 0 aliphatic carbocycles. The summed E-state index contributed by atoms with van der Waals surface area (Å²) in [5.41, 5.74) is 0.718. The van der Waals surface area contributed by atoms with Crippen molar-refractivity contribution >= 4 is 11.6 Å². The summed E-state index contributed by atoms with van der Waals surface area (Å²) in [5.74, 6) is 1.06. The maximum Gasteiger partial charge on any atom is 0.224 e. The summed E-state index contributed by atoms with van der Waals surface area (Å²) in [6, 6.07) is 7.38. The molecule has 16 heavy (non-hydrogen) atoms. The molecule has 2 rings (SSSR count). The summed E-state index contributed by atoms with van der Waals surface area (Å²) in [5, 5.41) is 2.84. The van der Waals surface area contributed by atoms with Crippen LogP contribution in [0, 0.1) is 5.92 Å². The fourth-order valence-electron chi connectivity index (χ4n) is 1.61. The molecule has 0 saturated carbocycles. The van der Waals surface area contributed by atoms with Crippen LogP contribution in [0.4, 0.5) is 5.69 Å². The van der Waals surface area contributed by atoms with E-state index >= 15 is 0 Å². The van der Waals surface area contributed by atoms with Crippen molar-refractivity contribution in [2.24, 2.45) is 5.92 Å². The number of hydrogen-bond donors (Lipinski definition) is 1. The third-order valence-electron chi connectivity index (χ3n) is 2.56. The number of amides is 1. The second-order valence-electron chi connectivity index (χ2n) is 3.86. The Morgan fingerprint density at radius 3 is 2.88 bits per heavy atom. The summed E-state index contributed by atoms with van der Waals surface area (Å²) in [7, 11) is 1.59. The molecule has 1 aliphatic rings. The van der Waals surface area contributed by atoms with E-state index in [4.69, 9.17) is 9.47 Å². The molecule has 1 aliphatic heterocycles. The highest BCUT2D eigenvalue weighted by Crippen LogP contribution is 2.24. The van der Waals surface area contributed by atoms with Crippen LogP contribution in [0.25, 0.3) is 0 Å². The van der Waals surface area contributed by atoms with E-state index < -0.39 is 0 Å². The Balaban J connectivity index is 1.94. The Kier molecular flexibility index (Phi) is 3.41. The van der Waals surface area contributed by atoms with Gasteiger partial charge in [-0.25, -0.2) is 0 Å². The van der Waals surface area contributed by atoms with Gasteiger partial charge in [-0.2, -0.15) is 0 Å². The minimum absolute atomic E-state index is 0.0119. The van der Waals surface area contributed by atoms with Crippen molar-refractivity contribution in [3.8, 4) is 5.75 Å². The molecule has 86 valence electrons. The number of methoxy groups -OCH3 is 1. The maximum atomic E-state index is 11.7. The molecule has 0 bridgehead atoms. The van der Waals surface area contributed by atoms with E-state index in [0.717, 1.165) is 5.69 Å². The Morgan fingerprint density at radius 2 is 2.25 bits per heavy atom. The van der Waals surface area contributed by atoms with E-state index in [9.17, 15) is 4.79 Å². The SMILES string of the molecule is COc1ccccc1NC(=O)CC1COC1. The molecule has 1 fully saturated rings. The lowest BCUT2D eigenvalue weighted by Crippen LogP contribution is -2.31. The molecule has 0 unspecified atom stereocenters. The van der Waals surface area contributed by atoms with Crippen molar-refractivity contribution in [2.75, 3.05) is 25.6 Å². The van der Waals surface area contributed by atoms with Crippen LogP contribution in [-0.2, 0) is 9.53 Å². The van der Waals surface area contributed by atoms with Crippen LogP contribution in [0.5, 0.6) is 5.75 Å². The van der Waals surface area contributed by atoms with Crippen LogP contribution < -0.4 is 10.1 Å². The van der Waals surface area contributed by atoms with Gasteiger partial charge < -0.3 is 14.8 Å². The molecule has 4 nitrogen and oxygen atoms in total. The zero-order chi connectivity index (χ0) is 11.4. The van der Waals surface area contributed by atoms with Gasteiger partial charge >= 0.3 is 0 Å². The fourth-order valence-corrected chi connectivity index (χ4v) is 1.61. The van der Waals surface area contributed by atoms with Crippen LogP contribution in [0.15, 0.2) is 24.3 Å². The van der Waals surface area contributed by atoms with Crippen LogP contribution in [0.2, 0.25) is 0 Å². The van der Waals surface area contributed by atoms with E-state index in [1.807, 2.05) is 24.3 Å². The first-order valence-corrected chi connectivity index (χ1v) is 5.30. The van der Waals surface area contributed by atoms with E-state index in [2.05, 4.69) is 5.32 Å². The first-order valence-electron chi connectivity index (χ1n) is 5.30. The second kappa shape index (κ2) is 4.99. The number of hydrogen-bond acceptors (Lipinski definition) is 3. The fraction of sp³-hybridized carbons (Fsp3) is 0.417. The van der Waals surface area contributed by atoms with Crippen LogP contribution in [0.3, 0.4) is 0 Å². The van der Waals surface area contributed by atoms with Gasteiger partial charge in [-0.3, -0.25) is 4.79 Å². The number of para-hydroxylation sites is 2. The Labute approximate surface area is 94.6 Å². The molecule has 1 amide bonds. The van der Waals surface area contributed by atoms with E-state index in [1.54, 1.807) is 7.11 Å².